The molecule has 1 aliphatic carbocycles. The molecule has 0 saturated carbocycles. The summed E-state index contributed by atoms with van der Waals surface area (Å²) in [5.41, 5.74) is 1.70. The number of hydrogen-bond acceptors (Lipinski definition) is 2. The van der Waals surface area contributed by atoms with E-state index in [1.807, 2.05) is 31.2 Å². The minimum Gasteiger partial charge on any atom is -0.274 e. The van der Waals surface area contributed by atoms with Gasteiger partial charge in [0.1, 0.15) is 0 Å². The summed E-state index contributed by atoms with van der Waals surface area (Å²) >= 11 is 5.99. The first-order valence-electron chi connectivity index (χ1n) is 6.37. The SMILES string of the molecule is Cc1cccc(N2C(=O)[C@H]3CC=C(Cl)C[C@H]3C2=O)c1. The molecule has 1 aromatic carbocycles. The van der Waals surface area contributed by atoms with Gasteiger partial charge < -0.3 is 0 Å². The van der Waals surface area contributed by atoms with Crippen LogP contribution in [0.3, 0.4) is 0 Å². The number of amides is 2. The topological polar surface area (TPSA) is 37.4 Å². The third-order valence-electron chi connectivity index (χ3n) is 3.83. The zero-order chi connectivity index (χ0) is 13.6. The molecule has 0 radical (unpaired) electrons. The minimum atomic E-state index is -0.287. The summed E-state index contributed by atoms with van der Waals surface area (Å²) in [6.45, 7) is 1.94. The summed E-state index contributed by atoms with van der Waals surface area (Å²) < 4.78 is 0. The van der Waals surface area contributed by atoms with E-state index in [1.54, 1.807) is 6.07 Å². The number of imide groups is 1. The highest BCUT2D eigenvalue weighted by molar-refractivity contribution is 6.30. The monoisotopic (exact) mass is 275 g/mol. The lowest BCUT2D eigenvalue weighted by molar-refractivity contribution is -0.122. The molecular formula is C15H14ClNO2. The van der Waals surface area contributed by atoms with Gasteiger partial charge in [-0.2, -0.15) is 0 Å². The number of carbonyl (C=O) groups is 2. The second-order valence-electron chi connectivity index (χ2n) is 5.15. The number of nitrogens with zero attached hydrogens (tertiary/aromatic N) is 1. The average molecular weight is 276 g/mol. The van der Waals surface area contributed by atoms with Crippen molar-refractivity contribution in [1.82, 2.24) is 0 Å². The van der Waals surface area contributed by atoms with Crippen molar-refractivity contribution in [3.05, 3.63) is 40.9 Å². The van der Waals surface area contributed by atoms with Crippen molar-refractivity contribution in [2.24, 2.45) is 11.8 Å². The van der Waals surface area contributed by atoms with Crippen LogP contribution < -0.4 is 4.90 Å². The largest absolute Gasteiger partial charge is 0.274 e. The second-order valence-corrected chi connectivity index (χ2v) is 5.64. The van der Waals surface area contributed by atoms with Gasteiger partial charge in [-0.1, -0.05) is 29.8 Å². The Kier molecular flexibility index (Phi) is 2.94. The molecule has 1 aromatic rings. The highest BCUT2D eigenvalue weighted by atomic mass is 35.5. The molecule has 19 heavy (non-hydrogen) atoms. The number of benzene rings is 1. The van der Waals surface area contributed by atoms with Gasteiger partial charge in [0.2, 0.25) is 11.8 Å². The number of anilines is 1. The van der Waals surface area contributed by atoms with Gasteiger partial charge in [-0.25, -0.2) is 0 Å². The molecule has 3 nitrogen and oxygen atoms in total. The summed E-state index contributed by atoms with van der Waals surface area (Å²) in [7, 11) is 0. The average Bonchev–Trinajstić information content (AvgIpc) is 2.61. The lowest BCUT2D eigenvalue weighted by Gasteiger charge is -2.17. The number of allylic oxidation sites excluding steroid dienone is 2. The normalized spacial score (nSPS) is 26.4. The van der Waals surface area contributed by atoms with E-state index in [-0.39, 0.29) is 23.7 Å². The Bertz CT molecular complexity index is 594. The van der Waals surface area contributed by atoms with Crippen LogP contribution in [0.5, 0.6) is 0 Å². The molecule has 4 heteroatoms. The molecule has 1 heterocycles. The number of halogens is 1. The quantitative estimate of drug-likeness (QED) is 0.739. The summed E-state index contributed by atoms with van der Waals surface area (Å²) in [4.78, 5) is 26.2. The van der Waals surface area contributed by atoms with Crippen molar-refractivity contribution in [1.29, 1.82) is 0 Å². The molecule has 1 saturated heterocycles. The van der Waals surface area contributed by atoms with Crippen LogP contribution in [-0.2, 0) is 9.59 Å². The number of aryl methyl sites for hydroxylation is 1. The van der Waals surface area contributed by atoms with E-state index in [1.165, 1.54) is 4.90 Å². The van der Waals surface area contributed by atoms with Gasteiger partial charge in [0, 0.05) is 5.03 Å². The van der Waals surface area contributed by atoms with Crippen molar-refractivity contribution in [2.45, 2.75) is 19.8 Å². The van der Waals surface area contributed by atoms with Crippen LogP contribution in [0, 0.1) is 18.8 Å². The van der Waals surface area contributed by atoms with Crippen LogP contribution in [0.4, 0.5) is 5.69 Å². The van der Waals surface area contributed by atoms with E-state index in [4.69, 9.17) is 11.6 Å². The molecule has 0 aromatic heterocycles. The Hall–Kier alpha value is -1.61. The zero-order valence-corrected chi connectivity index (χ0v) is 11.4. The lowest BCUT2D eigenvalue weighted by Crippen LogP contribution is -2.30. The van der Waals surface area contributed by atoms with Gasteiger partial charge in [0.05, 0.1) is 17.5 Å². The van der Waals surface area contributed by atoms with Crippen molar-refractivity contribution in [3.8, 4) is 0 Å². The maximum Gasteiger partial charge on any atom is 0.238 e. The molecule has 2 aliphatic rings. The molecule has 1 aliphatic heterocycles. The van der Waals surface area contributed by atoms with Gasteiger partial charge >= 0.3 is 0 Å². The van der Waals surface area contributed by atoms with Crippen LogP contribution in [0.1, 0.15) is 18.4 Å². The molecule has 0 N–H and O–H groups in total. The fourth-order valence-corrected chi connectivity index (χ4v) is 3.10. The number of fused-ring (bicyclic) bond motifs is 1. The molecular weight excluding hydrogens is 262 g/mol. The van der Waals surface area contributed by atoms with Gasteiger partial charge in [-0.05, 0) is 37.5 Å². The van der Waals surface area contributed by atoms with Crippen molar-refractivity contribution < 1.29 is 9.59 Å². The maximum absolute atomic E-state index is 12.4. The minimum absolute atomic E-state index is 0.0963. The Labute approximate surface area is 116 Å². The first-order chi connectivity index (χ1) is 9.08. The number of hydrogen-bond donors (Lipinski definition) is 0. The third kappa shape index (κ3) is 1.98. The fourth-order valence-electron chi connectivity index (χ4n) is 2.85. The predicted octanol–water partition coefficient (Wildman–Crippen LogP) is 3.02. The van der Waals surface area contributed by atoms with Crippen LogP contribution in [-0.4, -0.2) is 11.8 Å². The predicted molar refractivity (Wildman–Crippen MR) is 73.8 cm³/mol. The molecule has 1 fully saturated rings. The Balaban J connectivity index is 1.97. The molecule has 0 unspecified atom stereocenters. The summed E-state index contributed by atoms with van der Waals surface area (Å²) in [5, 5.41) is 0.688. The molecule has 98 valence electrons. The molecule has 0 bridgehead atoms. The highest BCUT2D eigenvalue weighted by Gasteiger charge is 2.48. The summed E-state index contributed by atoms with van der Waals surface area (Å²) in [5.74, 6) is -0.742. The van der Waals surface area contributed by atoms with Crippen LogP contribution >= 0.6 is 11.6 Å². The number of rotatable bonds is 1. The fraction of sp³-hybridized carbons (Fsp3) is 0.333. The molecule has 3 rings (SSSR count). The van der Waals surface area contributed by atoms with Crippen molar-refractivity contribution in [3.63, 3.8) is 0 Å². The van der Waals surface area contributed by atoms with Crippen molar-refractivity contribution in [2.75, 3.05) is 4.90 Å². The summed E-state index contributed by atoms with van der Waals surface area (Å²) in [6, 6.07) is 7.47. The highest BCUT2D eigenvalue weighted by Crippen LogP contribution is 2.40. The van der Waals surface area contributed by atoms with Crippen LogP contribution in [0.15, 0.2) is 35.4 Å². The van der Waals surface area contributed by atoms with E-state index in [0.29, 0.717) is 23.6 Å². The van der Waals surface area contributed by atoms with Gasteiger partial charge in [-0.3, -0.25) is 14.5 Å². The van der Waals surface area contributed by atoms with Crippen molar-refractivity contribution >= 4 is 29.1 Å². The Morgan fingerprint density at radius 2 is 1.95 bits per heavy atom. The third-order valence-corrected chi connectivity index (χ3v) is 4.14. The summed E-state index contributed by atoms with van der Waals surface area (Å²) in [6.07, 6.45) is 2.91. The van der Waals surface area contributed by atoms with Gasteiger partial charge in [-0.15, -0.1) is 0 Å². The number of carbonyl (C=O) groups excluding carboxylic acids is 2. The Morgan fingerprint density at radius 3 is 2.68 bits per heavy atom. The second kappa shape index (κ2) is 4.49. The Morgan fingerprint density at radius 1 is 1.21 bits per heavy atom. The zero-order valence-electron chi connectivity index (χ0n) is 10.6. The van der Waals surface area contributed by atoms with E-state index in [0.717, 1.165) is 5.56 Å². The van der Waals surface area contributed by atoms with Gasteiger partial charge in [0.25, 0.3) is 0 Å². The first kappa shape index (κ1) is 12.4. The van der Waals surface area contributed by atoms with E-state index >= 15 is 0 Å². The molecule has 0 spiro atoms. The van der Waals surface area contributed by atoms with Gasteiger partial charge in [0.15, 0.2) is 0 Å². The lowest BCUT2D eigenvalue weighted by atomic mass is 9.85. The maximum atomic E-state index is 12.4. The molecule has 2 atom stereocenters. The smallest absolute Gasteiger partial charge is 0.238 e. The van der Waals surface area contributed by atoms with E-state index in [9.17, 15) is 9.59 Å². The van der Waals surface area contributed by atoms with Crippen LogP contribution in [0.2, 0.25) is 0 Å². The van der Waals surface area contributed by atoms with E-state index in [2.05, 4.69) is 0 Å². The van der Waals surface area contributed by atoms with Crippen LogP contribution in [0.25, 0.3) is 0 Å². The van der Waals surface area contributed by atoms with E-state index < -0.39 is 0 Å². The first-order valence-corrected chi connectivity index (χ1v) is 6.75. The standard InChI is InChI=1S/C15H14ClNO2/c1-9-3-2-4-11(7-9)17-14(18)12-6-5-10(16)8-13(12)15(17)19/h2-5,7,12-13H,6,8H2,1H3/t12-,13+/m0/s1. The molecule has 2 amide bonds.